The van der Waals surface area contributed by atoms with E-state index in [0.717, 1.165) is 6.42 Å². The van der Waals surface area contributed by atoms with E-state index in [1.54, 1.807) is 0 Å². The number of rotatable bonds is 11. The molecule has 0 saturated heterocycles. The van der Waals surface area contributed by atoms with Gasteiger partial charge in [-0.3, -0.25) is 9.59 Å². The van der Waals surface area contributed by atoms with Crippen LogP contribution in [-0.2, 0) is 23.8 Å². The second-order valence-corrected chi connectivity index (χ2v) is 7.97. The number of nitrogens with one attached hydrogen (secondary N) is 1. The maximum Gasteiger partial charge on any atom is 0.308 e. The first-order valence-corrected chi connectivity index (χ1v) is 8.64. The molecule has 1 amide bonds. The molecule has 0 fully saturated rings. The minimum absolute atomic E-state index is 0.0575. The quantitative estimate of drug-likeness (QED) is 0.460. The van der Waals surface area contributed by atoms with Gasteiger partial charge < -0.3 is 19.5 Å². The van der Waals surface area contributed by atoms with Crippen molar-refractivity contribution in [3.8, 4) is 0 Å². The summed E-state index contributed by atoms with van der Waals surface area (Å²) in [5, 5.41) is 2.83. The Morgan fingerprint density at radius 2 is 1.42 bits per heavy atom. The second-order valence-electron chi connectivity index (χ2n) is 7.97. The molecule has 142 valence electrons. The van der Waals surface area contributed by atoms with Gasteiger partial charge in [0.15, 0.2) is 0 Å². The predicted molar refractivity (Wildman–Crippen MR) is 93.8 cm³/mol. The molecule has 0 spiro atoms. The SMILES string of the molecule is CC(C)(C)CCC(=O)NCCOCCOCCC(=O)OC(C)(C)C. The number of esters is 1. The van der Waals surface area contributed by atoms with E-state index in [0.29, 0.717) is 39.4 Å². The summed E-state index contributed by atoms with van der Waals surface area (Å²) in [7, 11) is 0. The molecule has 0 rings (SSSR count). The van der Waals surface area contributed by atoms with Crippen molar-refractivity contribution in [3.05, 3.63) is 0 Å². The molecule has 0 aromatic heterocycles. The molecule has 0 aliphatic carbocycles. The fourth-order valence-electron chi connectivity index (χ4n) is 1.71. The van der Waals surface area contributed by atoms with E-state index in [1.165, 1.54) is 0 Å². The molecule has 0 aliphatic heterocycles. The third-order valence-corrected chi connectivity index (χ3v) is 2.91. The molecule has 0 saturated carbocycles. The summed E-state index contributed by atoms with van der Waals surface area (Å²) in [6.45, 7) is 14.0. The highest BCUT2D eigenvalue weighted by molar-refractivity contribution is 5.75. The average molecular weight is 345 g/mol. The summed E-state index contributed by atoms with van der Waals surface area (Å²) >= 11 is 0. The van der Waals surface area contributed by atoms with Crippen molar-refractivity contribution < 1.29 is 23.8 Å². The first kappa shape index (κ1) is 22.9. The van der Waals surface area contributed by atoms with Gasteiger partial charge in [0.25, 0.3) is 0 Å². The Hall–Kier alpha value is -1.14. The van der Waals surface area contributed by atoms with E-state index in [1.807, 2.05) is 20.8 Å². The van der Waals surface area contributed by atoms with Crippen LogP contribution in [0.3, 0.4) is 0 Å². The van der Waals surface area contributed by atoms with Crippen LogP contribution in [0.15, 0.2) is 0 Å². The third kappa shape index (κ3) is 17.2. The Labute approximate surface area is 146 Å². The molecule has 0 unspecified atom stereocenters. The lowest BCUT2D eigenvalue weighted by molar-refractivity contribution is -0.156. The Bertz CT molecular complexity index is 369. The van der Waals surface area contributed by atoms with Gasteiger partial charge in [-0.25, -0.2) is 0 Å². The van der Waals surface area contributed by atoms with Gasteiger partial charge in [-0.2, -0.15) is 0 Å². The van der Waals surface area contributed by atoms with E-state index < -0.39 is 5.60 Å². The lowest BCUT2D eigenvalue weighted by atomic mass is 9.90. The molecule has 0 radical (unpaired) electrons. The first-order valence-electron chi connectivity index (χ1n) is 8.64. The van der Waals surface area contributed by atoms with Gasteiger partial charge in [-0.15, -0.1) is 0 Å². The molecule has 0 aromatic carbocycles. The van der Waals surface area contributed by atoms with Crippen LogP contribution in [0.1, 0.15) is 60.8 Å². The summed E-state index contributed by atoms with van der Waals surface area (Å²) in [5.41, 5.74) is -0.290. The molecular formula is C18H35NO5. The van der Waals surface area contributed by atoms with Crippen molar-refractivity contribution in [1.29, 1.82) is 0 Å². The fourth-order valence-corrected chi connectivity index (χ4v) is 1.71. The van der Waals surface area contributed by atoms with Crippen LogP contribution in [0.2, 0.25) is 0 Å². The van der Waals surface area contributed by atoms with E-state index in [-0.39, 0.29) is 23.7 Å². The maximum atomic E-state index is 11.6. The normalized spacial score (nSPS) is 12.1. The minimum atomic E-state index is -0.461. The van der Waals surface area contributed by atoms with Crippen LogP contribution < -0.4 is 5.32 Å². The summed E-state index contributed by atoms with van der Waals surface area (Å²) in [4.78, 5) is 23.0. The van der Waals surface area contributed by atoms with E-state index in [2.05, 4.69) is 26.1 Å². The van der Waals surface area contributed by atoms with Gasteiger partial charge >= 0.3 is 5.97 Å². The number of hydrogen-bond acceptors (Lipinski definition) is 5. The van der Waals surface area contributed by atoms with Crippen LogP contribution in [0, 0.1) is 5.41 Å². The highest BCUT2D eigenvalue weighted by Gasteiger charge is 2.15. The van der Waals surface area contributed by atoms with Crippen LogP contribution in [-0.4, -0.2) is 50.4 Å². The van der Waals surface area contributed by atoms with Crippen LogP contribution in [0.5, 0.6) is 0 Å². The number of hydrogen-bond donors (Lipinski definition) is 1. The lowest BCUT2D eigenvalue weighted by Crippen LogP contribution is -2.28. The van der Waals surface area contributed by atoms with Gasteiger partial charge in [0.05, 0.1) is 32.8 Å². The largest absolute Gasteiger partial charge is 0.460 e. The van der Waals surface area contributed by atoms with Crippen molar-refractivity contribution >= 4 is 11.9 Å². The predicted octanol–water partition coefficient (Wildman–Crippen LogP) is 2.69. The zero-order valence-corrected chi connectivity index (χ0v) is 16.2. The van der Waals surface area contributed by atoms with Crippen LogP contribution >= 0.6 is 0 Å². The monoisotopic (exact) mass is 345 g/mol. The molecule has 0 aliphatic rings. The fraction of sp³-hybridized carbons (Fsp3) is 0.889. The Morgan fingerprint density at radius 1 is 0.833 bits per heavy atom. The van der Waals surface area contributed by atoms with Crippen molar-refractivity contribution in [3.63, 3.8) is 0 Å². The molecule has 24 heavy (non-hydrogen) atoms. The number of amides is 1. The highest BCUT2D eigenvalue weighted by Crippen LogP contribution is 2.20. The molecular weight excluding hydrogens is 310 g/mol. The molecule has 0 heterocycles. The molecule has 0 bridgehead atoms. The Morgan fingerprint density at radius 3 is 1.96 bits per heavy atom. The van der Waals surface area contributed by atoms with Crippen molar-refractivity contribution in [2.75, 3.05) is 33.0 Å². The van der Waals surface area contributed by atoms with Gasteiger partial charge in [0, 0.05) is 13.0 Å². The van der Waals surface area contributed by atoms with Crippen molar-refractivity contribution in [2.45, 2.75) is 66.4 Å². The smallest absolute Gasteiger partial charge is 0.308 e. The third-order valence-electron chi connectivity index (χ3n) is 2.91. The highest BCUT2D eigenvalue weighted by atomic mass is 16.6. The molecule has 0 aromatic rings. The van der Waals surface area contributed by atoms with Gasteiger partial charge in [0.2, 0.25) is 5.91 Å². The molecule has 6 nitrogen and oxygen atoms in total. The van der Waals surface area contributed by atoms with Crippen molar-refractivity contribution in [1.82, 2.24) is 5.32 Å². The zero-order valence-electron chi connectivity index (χ0n) is 16.2. The number of carbonyl (C=O) groups excluding carboxylic acids is 2. The second kappa shape index (κ2) is 11.4. The molecule has 6 heteroatoms. The number of carbonyl (C=O) groups is 2. The topological polar surface area (TPSA) is 73.9 Å². The minimum Gasteiger partial charge on any atom is -0.460 e. The maximum absolute atomic E-state index is 11.6. The first-order chi connectivity index (χ1) is 11.0. The van der Waals surface area contributed by atoms with Crippen molar-refractivity contribution in [2.24, 2.45) is 5.41 Å². The van der Waals surface area contributed by atoms with E-state index in [9.17, 15) is 9.59 Å². The summed E-state index contributed by atoms with van der Waals surface area (Å²) in [5.74, 6) is -0.205. The zero-order chi connectivity index (χ0) is 18.6. The summed E-state index contributed by atoms with van der Waals surface area (Å²) in [6.07, 6.45) is 1.64. The van der Waals surface area contributed by atoms with Gasteiger partial charge in [-0.05, 0) is 32.6 Å². The van der Waals surface area contributed by atoms with E-state index in [4.69, 9.17) is 14.2 Å². The van der Waals surface area contributed by atoms with Gasteiger partial charge in [0.1, 0.15) is 5.60 Å². The number of ether oxygens (including phenoxy) is 3. The lowest BCUT2D eigenvalue weighted by Gasteiger charge is -2.19. The molecule has 0 atom stereocenters. The average Bonchev–Trinajstić information content (AvgIpc) is 2.40. The van der Waals surface area contributed by atoms with Gasteiger partial charge in [-0.1, -0.05) is 20.8 Å². The Kier molecular flexibility index (Phi) is 10.9. The van der Waals surface area contributed by atoms with Crippen LogP contribution in [0.25, 0.3) is 0 Å². The van der Waals surface area contributed by atoms with Crippen LogP contribution in [0.4, 0.5) is 0 Å². The standard InChI is InChI=1S/C18H35NO5/c1-17(2,3)9-7-15(20)19-10-12-23-14-13-22-11-8-16(21)24-18(4,5)6/h7-14H2,1-6H3,(H,19,20). The summed E-state index contributed by atoms with van der Waals surface area (Å²) < 4.78 is 15.8. The van der Waals surface area contributed by atoms with E-state index >= 15 is 0 Å². The molecule has 1 N–H and O–H groups in total. The Balaban J connectivity index is 3.40. The summed E-state index contributed by atoms with van der Waals surface area (Å²) in [6, 6.07) is 0.